The van der Waals surface area contributed by atoms with Crippen molar-refractivity contribution < 1.29 is 0 Å². The lowest BCUT2D eigenvalue weighted by molar-refractivity contribution is 1.28. The molecule has 2 aromatic rings. The van der Waals surface area contributed by atoms with E-state index < -0.39 is 0 Å². The highest BCUT2D eigenvalue weighted by molar-refractivity contribution is 7.98. The quantitative estimate of drug-likeness (QED) is 0.677. The van der Waals surface area contributed by atoms with Crippen molar-refractivity contribution in [2.45, 2.75) is 17.6 Å². The van der Waals surface area contributed by atoms with Crippen LogP contribution in [0.25, 0.3) is 0 Å². The third-order valence-corrected chi connectivity index (χ3v) is 4.64. The van der Waals surface area contributed by atoms with Gasteiger partial charge in [0.05, 0.1) is 10.0 Å². The number of nitrogens with zero attached hydrogens (tertiary/aromatic N) is 1. The topological polar surface area (TPSA) is 38.9 Å². The minimum Gasteiger partial charge on any atom is -0.399 e. The Morgan fingerprint density at radius 2 is 2.31 bits per heavy atom. The summed E-state index contributed by atoms with van der Waals surface area (Å²) in [5.74, 6) is 0.884. The molecule has 1 aromatic carbocycles. The predicted octanol–water partition coefficient (Wildman–Crippen LogP) is 3.98. The first-order valence-electron chi connectivity index (χ1n) is 4.74. The van der Waals surface area contributed by atoms with Crippen molar-refractivity contribution in [2.24, 2.45) is 0 Å². The van der Waals surface area contributed by atoms with Crippen LogP contribution in [0, 0.1) is 6.92 Å². The summed E-state index contributed by atoms with van der Waals surface area (Å²) in [6, 6.07) is 5.54. The fraction of sp³-hybridized carbons (Fsp3) is 0.182. The van der Waals surface area contributed by atoms with Crippen LogP contribution in [0.5, 0.6) is 0 Å². The van der Waals surface area contributed by atoms with Gasteiger partial charge in [0.15, 0.2) is 0 Å². The normalized spacial score (nSPS) is 10.6. The van der Waals surface area contributed by atoms with Crippen molar-refractivity contribution in [2.75, 3.05) is 5.73 Å². The molecular formula is C11H11ClN2S2. The maximum absolute atomic E-state index is 6.08. The zero-order valence-electron chi connectivity index (χ0n) is 8.74. The molecule has 1 aromatic heterocycles. The first-order chi connectivity index (χ1) is 7.65. The summed E-state index contributed by atoms with van der Waals surface area (Å²) in [5, 5.41) is 1.84. The number of anilines is 1. The maximum atomic E-state index is 6.08. The highest BCUT2D eigenvalue weighted by Crippen LogP contribution is 2.32. The van der Waals surface area contributed by atoms with Crippen molar-refractivity contribution in [3.63, 3.8) is 0 Å². The fourth-order valence-corrected chi connectivity index (χ4v) is 3.33. The molecule has 1 heterocycles. The van der Waals surface area contributed by atoms with Gasteiger partial charge in [0.2, 0.25) is 0 Å². The van der Waals surface area contributed by atoms with Gasteiger partial charge >= 0.3 is 0 Å². The molecule has 0 spiro atoms. The van der Waals surface area contributed by atoms with E-state index in [-0.39, 0.29) is 0 Å². The predicted molar refractivity (Wildman–Crippen MR) is 72.3 cm³/mol. The summed E-state index contributed by atoms with van der Waals surface area (Å²) in [7, 11) is 0. The minimum absolute atomic E-state index is 0.743. The molecule has 2 N–H and O–H groups in total. The Morgan fingerprint density at radius 3 is 3.00 bits per heavy atom. The molecule has 0 fully saturated rings. The largest absolute Gasteiger partial charge is 0.399 e. The van der Waals surface area contributed by atoms with E-state index in [0.717, 1.165) is 26.4 Å². The van der Waals surface area contributed by atoms with Gasteiger partial charge in [-0.2, -0.15) is 0 Å². The van der Waals surface area contributed by atoms with Crippen molar-refractivity contribution in [1.82, 2.24) is 4.98 Å². The molecule has 0 atom stereocenters. The van der Waals surface area contributed by atoms with Gasteiger partial charge in [-0.05, 0) is 25.1 Å². The van der Waals surface area contributed by atoms with Crippen LogP contribution in [0.3, 0.4) is 0 Å². The number of aromatic nitrogens is 1. The molecule has 0 aliphatic heterocycles. The van der Waals surface area contributed by atoms with Gasteiger partial charge in [-0.3, -0.25) is 0 Å². The zero-order chi connectivity index (χ0) is 11.5. The summed E-state index contributed by atoms with van der Waals surface area (Å²) in [6.07, 6.45) is 1.91. The number of halogens is 1. The third-order valence-electron chi connectivity index (χ3n) is 1.99. The smallest absolute Gasteiger partial charge is 0.0897 e. The minimum atomic E-state index is 0.743. The van der Waals surface area contributed by atoms with Crippen LogP contribution in [0.1, 0.15) is 9.88 Å². The van der Waals surface area contributed by atoms with Gasteiger partial charge in [0.1, 0.15) is 0 Å². The van der Waals surface area contributed by atoms with Gasteiger partial charge in [0.25, 0.3) is 0 Å². The molecular weight excluding hydrogens is 260 g/mol. The molecule has 0 aliphatic carbocycles. The Balaban J connectivity index is 2.07. The molecule has 2 rings (SSSR count). The maximum Gasteiger partial charge on any atom is 0.0897 e. The van der Waals surface area contributed by atoms with Crippen LogP contribution in [-0.4, -0.2) is 4.98 Å². The van der Waals surface area contributed by atoms with Crippen LogP contribution in [0.4, 0.5) is 5.69 Å². The summed E-state index contributed by atoms with van der Waals surface area (Å²) < 4.78 is 0. The monoisotopic (exact) mass is 270 g/mol. The number of thiazole rings is 1. The number of benzene rings is 1. The summed E-state index contributed by atoms with van der Waals surface area (Å²) >= 11 is 9.48. The molecule has 0 bridgehead atoms. The van der Waals surface area contributed by atoms with Gasteiger partial charge in [-0.1, -0.05) is 11.6 Å². The lowest BCUT2D eigenvalue weighted by atomic mass is 10.3. The molecule has 0 amide bonds. The van der Waals surface area contributed by atoms with Crippen LogP contribution in [0.15, 0.2) is 29.3 Å². The third kappa shape index (κ3) is 2.90. The van der Waals surface area contributed by atoms with Crippen molar-refractivity contribution in [3.05, 3.63) is 39.3 Å². The summed E-state index contributed by atoms with van der Waals surface area (Å²) in [4.78, 5) is 6.49. The highest BCUT2D eigenvalue weighted by Gasteiger charge is 2.04. The van der Waals surface area contributed by atoms with Gasteiger partial charge < -0.3 is 5.73 Å². The van der Waals surface area contributed by atoms with E-state index in [2.05, 4.69) is 4.98 Å². The first kappa shape index (κ1) is 11.8. The lowest BCUT2D eigenvalue weighted by Crippen LogP contribution is -1.85. The second-order valence-electron chi connectivity index (χ2n) is 3.32. The Morgan fingerprint density at radius 1 is 1.50 bits per heavy atom. The van der Waals surface area contributed by atoms with Crippen LogP contribution < -0.4 is 5.73 Å². The standard InChI is InChI=1S/C11H11ClN2S2/c1-7-14-5-9(16-7)6-15-11-4-8(13)2-3-10(11)12/h2-5H,6,13H2,1H3. The fourth-order valence-electron chi connectivity index (χ4n) is 1.25. The van der Waals surface area contributed by atoms with E-state index in [4.69, 9.17) is 17.3 Å². The van der Waals surface area contributed by atoms with E-state index in [0.29, 0.717) is 0 Å². The lowest BCUT2D eigenvalue weighted by Gasteiger charge is -2.03. The van der Waals surface area contributed by atoms with E-state index in [1.807, 2.05) is 31.3 Å². The van der Waals surface area contributed by atoms with Crippen molar-refractivity contribution in [3.8, 4) is 0 Å². The SMILES string of the molecule is Cc1ncc(CSc2cc(N)ccc2Cl)s1. The number of hydrogen-bond acceptors (Lipinski definition) is 4. The molecule has 0 aliphatic rings. The van der Waals surface area contributed by atoms with E-state index >= 15 is 0 Å². The van der Waals surface area contributed by atoms with E-state index in [9.17, 15) is 0 Å². The number of aryl methyl sites for hydroxylation is 1. The average Bonchev–Trinajstić information content (AvgIpc) is 2.66. The number of nitrogen functional groups attached to an aromatic ring is 1. The van der Waals surface area contributed by atoms with Crippen LogP contribution in [-0.2, 0) is 5.75 Å². The molecule has 84 valence electrons. The number of rotatable bonds is 3. The number of hydrogen-bond donors (Lipinski definition) is 1. The number of thioether (sulfide) groups is 1. The van der Waals surface area contributed by atoms with Gasteiger partial charge in [-0.25, -0.2) is 4.98 Å². The van der Waals surface area contributed by atoms with Gasteiger partial charge in [-0.15, -0.1) is 23.1 Å². The summed E-state index contributed by atoms with van der Waals surface area (Å²) in [5.41, 5.74) is 6.46. The molecule has 0 unspecified atom stereocenters. The second kappa shape index (κ2) is 5.08. The van der Waals surface area contributed by atoms with Crippen molar-refractivity contribution >= 4 is 40.4 Å². The molecule has 0 radical (unpaired) electrons. The Labute approximate surface area is 108 Å². The van der Waals surface area contributed by atoms with Crippen molar-refractivity contribution in [1.29, 1.82) is 0 Å². The molecule has 0 saturated heterocycles. The molecule has 0 saturated carbocycles. The molecule has 5 heteroatoms. The van der Waals surface area contributed by atoms with Gasteiger partial charge in [0, 0.05) is 27.4 Å². The van der Waals surface area contributed by atoms with Crippen LogP contribution >= 0.6 is 34.7 Å². The zero-order valence-corrected chi connectivity index (χ0v) is 11.1. The molecule has 16 heavy (non-hydrogen) atoms. The van der Waals surface area contributed by atoms with Crippen LogP contribution in [0.2, 0.25) is 5.02 Å². The molecule has 2 nitrogen and oxygen atoms in total. The highest BCUT2D eigenvalue weighted by atomic mass is 35.5. The Bertz CT molecular complexity index is 496. The van der Waals surface area contributed by atoms with E-state index in [1.165, 1.54) is 4.88 Å². The van der Waals surface area contributed by atoms with E-state index in [1.54, 1.807) is 23.1 Å². The average molecular weight is 271 g/mol. The Hall–Kier alpha value is -0.710. The first-order valence-corrected chi connectivity index (χ1v) is 6.92. The Kier molecular flexibility index (Phi) is 3.74. The number of nitrogens with two attached hydrogens (primary N) is 1. The summed E-state index contributed by atoms with van der Waals surface area (Å²) in [6.45, 7) is 2.01. The second-order valence-corrected chi connectivity index (χ2v) is 6.07.